The van der Waals surface area contributed by atoms with Gasteiger partial charge in [-0.2, -0.15) is 0 Å². The summed E-state index contributed by atoms with van der Waals surface area (Å²) in [4.78, 5) is 3.92. The molecule has 0 aliphatic heterocycles. The van der Waals surface area contributed by atoms with E-state index in [1.807, 2.05) is 19.1 Å². The number of hydrogen-bond donors (Lipinski definition) is 1. The highest BCUT2D eigenvalue weighted by Crippen LogP contribution is 2.05. The Morgan fingerprint density at radius 3 is 2.79 bits per heavy atom. The van der Waals surface area contributed by atoms with Gasteiger partial charge in [0.05, 0.1) is 6.10 Å². The van der Waals surface area contributed by atoms with E-state index >= 15 is 0 Å². The summed E-state index contributed by atoms with van der Waals surface area (Å²) in [6, 6.07) is 3.85. The van der Waals surface area contributed by atoms with E-state index < -0.39 is 0 Å². The molecule has 74 valence electrons. The third-order valence-electron chi connectivity index (χ3n) is 2.00. The molecule has 1 heterocycles. The predicted octanol–water partition coefficient (Wildman–Crippen LogP) is 1.79. The first-order chi connectivity index (χ1) is 6.83. The second-order valence-corrected chi connectivity index (χ2v) is 3.18. The second kappa shape index (κ2) is 6.17. The molecule has 1 rings (SSSR count). The van der Waals surface area contributed by atoms with Gasteiger partial charge in [0.15, 0.2) is 0 Å². The van der Waals surface area contributed by atoms with E-state index in [4.69, 9.17) is 0 Å². The van der Waals surface area contributed by atoms with E-state index in [1.54, 1.807) is 12.4 Å². The van der Waals surface area contributed by atoms with Crippen LogP contribution in [-0.2, 0) is 6.42 Å². The molecule has 1 aromatic rings. The molecule has 0 saturated heterocycles. The summed E-state index contributed by atoms with van der Waals surface area (Å²) < 4.78 is 0. The van der Waals surface area contributed by atoms with Crippen molar-refractivity contribution >= 4 is 0 Å². The van der Waals surface area contributed by atoms with Gasteiger partial charge in [0.2, 0.25) is 0 Å². The molecule has 0 fully saturated rings. The Morgan fingerprint density at radius 1 is 1.43 bits per heavy atom. The molecule has 0 amide bonds. The Hall–Kier alpha value is -1.33. The number of pyridine rings is 1. The average molecular weight is 189 g/mol. The first-order valence-electron chi connectivity index (χ1n) is 4.79. The molecule has 1 unspecified atom stereocenters. The highest BCUT2D eigenvalue weighted by molar-refractivity contribution is 5.10. The molecule has 0 saturated carbocycles. The Balaban J connectivity index is 2.33. The molecule has 1 N–H and O–H groups in total. The van der Waals surface area contributed by atoms with Crippen molar-refractivity contribution in [2.75, 3.05) is 0 Å². The zero-order valence-electron chi connectivity index (χ0n) is 8.40. The number of rotatable bonds is 4. The van der Waals surface area contributed by atoms with Crippen LogP contribution < -0.4 is 0 Å². The van der Waals surface area contributed by atoms with Crippen molar-refractivity contribution in [1.82, 2.24) is 4.98 Å². The van der Waals surface area contributed by atoms with Crippen LogP contribution in [0.4, 0.5) is 0 Å². The van der Waals surface area contributed by atoms with E-state index in [9.17, 15) is 5.11 Å². The largest absolute Gasteiger partial charge is 0.393 e. The molecule has 0 aromatic carbocycles. The monoisotopic (exact) mass is 189 g/mol. The van der Waals surface area contributed by atoms with Gasteiger partial charge in [0.1, 0.15) is 0 Å². The molecule has 14 heavy (non-hydrogen) atoms. The van der Waals surface area contributed by atoms with Gasteiger partial charge in [-0.25, -0.2) is 0 Å². The third-order valence-corrected chi connectivity index (χ3v) is 2.00. The van der Waals surface area contributed by atoms with E-state index in [1.165, 1.54) is 0 Å². The summed E-state index contributed by atoms with van der Waals surface area (Å²) in [5.74, 6) is 5.76. The number of nitrogens with zero attached hydrogens (tertiary/aromatic N) is 1. The average Bonchev–Trinajstić information content (AvgIpc) is 2.20. The fourth-order valence-electron chi connectivity index (χ4n) is 1.26. The van der Waals surface area contributed by atoms with Crippen molar-refractivity contribution < 1.29 is 5.11 Å². The van der Waals surface area contributed by atoms with Gasteiger partial charge in [-0.1, -0.05) is 0 Å². The molecule has 0 spiro atoms. The van der Waals surface area contributed by atoms with Gasteiger partial charge in [-0.15, -0.1) is 11.8 Å². The first-order valence-corrected chi connectivity index (χ1v) is 4.79. The Labute approximate surface area is 85.0 Å². The molecule has 0 aliphatic rings. The zero-order chi connectivity index (χ0) is 10.2. The fraction of sp³-hybridized carbons (Fsp3) is 0.417. The third kappa shape index (κ3) is 4.06. The predicted molar refractivity (Wildman–Crippen MR) is 56.6 cm³/mol. The zero-order valence-corrected chi connectivity index (χ0v) is 8.40. The fourth-order valence-corrected chi connectivity index (χ4v) is 1.26. The standard InChI is InChI=1S/C12H15NO/c1-2-3-4-5-12(14)10-11-6-8-13-9-7-11/h6-9,12,14H,4-5,10H2,1H3. The van der Waals surface area contributed by atoms with Crippen molar-refractivity contribution in [2.45, 2.75) is 32.3 Å². The highest BCUT2D eigenvalue weighted by Gasteiger charge is 2.03. The van der Waals surface area contributed by atoms with Gasteiger partial charge in [-0.05, 0) is 37.5 Å². The Bertz CT molecular complexity index is 310. The van der Waals surface area contributed by atoms with Crippen LogP contribution in [0.3, 0.4) is 0 Å². The molecule has 2 nitrogen and oxygen atoms in total. The van der Waals surface area contributed by atoms with Gasteiger partial charge in [-0.3, -0.25) is 4.98 Å². The maximum Gasteiger partial charge on any atom is 0.0589 e. The van der Waals surface area contributed by atoms with Crippen LogP contribution in [0.1, 0.15) is 25.3 Å². The topological polar surface area (TPSA) is 33.1 Å². The van der Waals surface area contributed by atoms with E-state index in [0.717, 1.165) is 18.4 Å². The summed E-state index contributed by atoms with van der Waals surface area (Å²) in [6.45, 7) is 1.81. The van der Waals surface area contributed by atoms with Gasteiger partial charge in [0.25, 0.3) is 0 Å². The molecule has 1 aromatic heterocycles. The Kier molecular flexibility index (Phi) is 4.74. The molecule has 2 heteroatoms. The number of hydrogen-bond acceptors (Lipinski definition) is 2. The lowest BCUT2D eigenvalue weighted by molar-refractivity contribution is 0.166. The van der Waals surface area contributed by atoms with Crippen LogP contribution in [0.2, 0.25) is 0 Å². The minimum absolute atomic E-state index is 0.293. The molecular weight excluding hydrogens is 174 g/mol. The SMILES string of the molecule is CC#CCCC(O)Cc1ccncc1. The lowest BCUT2D eigenvalue weighted by Crippen LogP contribution is -2.09. The van der Waals surface area contributed by atoms with Crippen molar-refractivity contribution in [3.05, 3.63) is 30.1 Å². The minimum Gasteiger partial charge on any atom is -0.393 e. The summed E-state index contributed by atoms with van der Waals surface area (Å²) in [7, 11) is 0. The minimum atomic E-state index is -0.293. The normalized spacial score (nSPS) is 11.6. The smallest absolute Gasteiger partial charge is 0.0589 e. The van der Waals surface area contributed by atoms with Crippen LogP contribution >= 0.6 is 0 Å². The molecule has 0 aliphatic carbocycles. The first kappa shape index (κ1) is 10.7. The van der Waals surface area contributed by atoms with Crippen molar-refractivity contribution in [1.29, 1.82) is 0 Å². The molecule has 1 atom stereocenters. The highest BCUT2D eigenvalue weighted by atomic mass is 16.3. The summed E-state index contributed by atoms with van der Waals surface area (Å²) in [5.41, 5.74) is 1.12. The van der Waals surface area contributed by atoms with Crippen LogP contribution in [0.25, 0.3) is 0 Å². The van der Waals surface area contributed by atoms with E-state index in [0.29, 0.717) is 6.42 Å². The van der Waals surface area contributed by atoms with Crippen LogP contribution in [0.5, 0.6) is 0 Å². The van der Waals surface area contributed by atoms with Crippen molar-refractivity contribution in [3.63, 3.8) is 0 Å². The van der Waals surface area contributed by atoms with Gasteiger partial charge < -0.3 is 5.11 Å². The molecular formula is C12H15NO. The lowest BCUT2D eigenvalue weighted by Gasteiger charge is -2.07. The summed E-state index contributed by atoms with van der Waals surface area (Å²) in [6.07, 6.45) is 5.39. The van der Waals surface area contributed by atoms with Crippen molar-refractivity contribution in [2.24, 2.45) is 0 Å². The van der Waals surface area contributed by atoms with E-state index in [2.05, 4.69) is 16.8 Å². The van der Waals surface area contributed by atoms with Crippen LogP contribution in [-0.4, -0.2) is 16.2 Å². The number of aliphatic hydroxyl groups excluding tert-OH is 1. The quantitative estimate of drug-likeness (QED) is 0.732. The summed E-state index contributed by atoms with van der Waals surface area (Å²) >= 11 is 0. The van der Waals surface area contributed by atoms with Crippen LogP contribution in [0, 0.1) is 11.8 Å². The number of aromatic nitrogens is 1. The second-order valence-electron chi connectivity index (χ2n) is 3.18. The lowest BCUT2D eigenvalue weighted by atomic mass is 10.1. The van der Waals surface area contributed by atoms with Crippen molar-refractivity contribution in [3.8, 4) is 11.8 Å². The molecule has 0 bridgehead atoms. The Morgan fingerprint density at radius 2 is 2.14 bits per heavy atom. The maximum absolute atomic E-state index is 9.64. The molecule has 0 radical (unpaired) electrons. The maximum atomic E-state index is 9.64. The number of aliphatic hydroxyl groups is 1. The van der Waals surface area contributed by atoms with E-state index in [-0.39, 0.29) is 6.10 Å². The van der Waals surface area contributed by atoms with Gasteiger partial charge in [0, 0.05) is 18.8 Å². The van der Waals surface area contributed by atoms with Gasteiger partial charge >= 0.3 is 0 Å². The van der Waals surface area contributed by atoms with Crippen LogP contribution in [0.15, 0.2) is 24.5 Å². The summed E-state index contributed by atoms with van der Waals surface area (Å²) in [5, 5.41) is 9.64.